The molecule has 0 saturated carbocycles. The van der Waals surface area contributed by atoms with Gasteiger partial charge in [-0.3, -0.25) is 14.5 Å². The van der Waals surface area contributed by atoms with E-state index in [1.165, 1.54) is 11.1 Å². The van der Waals surface area contributed by atoms with Crippen molar-refractivity contribution >= 4 is 11.9 Å². The SMILES string of the molecule is COc1ccc(CN(CC(O)CNC(=O)c2ccc(CC(=O)O)cc2)C2Cc3ccccc3C2)c(OC)c1. The van der Waals surface area contributed by atoms with E-state index in [-0.39, 0.29) is 24.9 Å². The Labute approximate surface area is 222 Å². The number of carbonyl (C=O) groups excluding carboxylic acids is 1. The molecule has 200 valence electrons. The van der Waals surface area contributed by atoms with Gasteiger partial charge in [-0.15, -0.1) is 0 Å². The van der Waals surface area contributed by atoms with Crippen LogP contribution in [0.3, 0.4) is 0 Å². The number of rotatable bonds is 12. The van der Waals surface area contributed by atoms with Gasteiger partial charge in [-0.25, -0.2) is 0 Å². The second-order valence-electron chi connectivity index (χ2n) is 9.57. The van der Waals surface area contributed by atoms with Crippen LogP contribution in [0, 0.1) is 0 Å². The van der Waals surface area contributed by atoms with Crippen molar-refractivity contribution in [3.05, 3.63) is 94.5 Å². The second-order valence-corrected chi connectivity index (χ2v) is 9.57. The van der Waals surface area contributed by atoms with Crippen LogP contribution in [0.4, 0.5) is 0 Å². The summed E-state index contributed by atoms with van der Waals surface area (Å²) in [5, 5.41) is 22.7. The Kier molecular flexibility index (Phi) is 8.99. The highest BCUT2D eigenvalue weighted by Gasteiger charge is 2.29. The first-order valence-corrected chi connectivity index (χ1v) is 12.6. The van der Waals surface area contributed by atoms with E-state index in [4.69, 9.17) is 14.6 Å². The van der Waals surface area contributed by atoms with E-state index in [1.807, 2.05) is 18.2 Å². The molecule has 38 heavy (non-hydrogen) atoms. The van der Waals surface area contributed by atoms with Crippen LogP contribution in [0.2, 0.25) is 0 Å². The molecule has 4 rings (SSSR count). The Morgan fingerprint density at radius 1 is 1.00 bits per heavy atom. The number of carbonyl (C=O) groups is 2. The van der Waals surface area contributed by atoms with E-state index < -0.39 is 12.1 Å². The molecule has 1 aliphatic rings. The maximum atomic E-state index is 12.6. The van der Waals surface area contributed by atoms with Crippen molar-refractivity contribution in [1.29, 1.82) is 0 Å². The first kappa shape index (κ1) is 27.2. The molecule has 3 N–H and O–H groups in total. The van der Waals surface area contributed by atoms with Crippen LogP contribution in [0.1, 0.15) is 32.6 Å². The molecule has 0 radical (unpaired) electrons. The smallest absolute Gasteiger partial charge is 0.307 e. The minimum Gasteiger partial charge on any atom is -0.497 e. The monoisotopic (exact) mass is 518 g/mol. The largest absolute Gasteiger partial charge is 0.497 e. The second kappa shape index (κ2) is 12.6. The molecular formula is C30H34N2O6. The highest BCUT2D eigenvalue weighted by Crippen LogP contribution is 2.30. The van der Waals surface area contributed by atoms with Crippen molar-refractivity contribution in [2.45, 2.75) is 38.0 Å². The van der Waals surface area contributed by atoms with Gasteiger partial charge in [0.2, 0.25) is 0 Å². The Hall–Kier alpha value is -3.88. The fourth-order valence-corrected chi connectivity index (χ4v) is 4.93. The van der Waals surface area contributed by atoms with E-state index in [2.05, 4.69) is 34.5 Å². The van der Waals surface area contributed by atoms with Crippen LogP contribution >= 0.6 is 0 Å². The summed E-state index contributed by atoms with van der Waals surface area (Å²) < 4.78 is 11.0. The Bertz CT molecular complexity index is 1230. The number of nitrogens with one attached hydrogen (secondary N) is 1. The molecule has 3 aromatic rings. The van der Waals surface area contributed by atoms with Gasteiger partial charge in [0, 0.05) is 42.9 Å². The zero-order chi connectivity index (χ0) is 27.1. The molecule has 0 aliphatic heterocycles. The Morgan fingerprint density at radius 2 is 1.68 bits per heavy atom. The summed E-state index contributed by atoms with van der Waals surface area (Å²) in [5.74, 6) is 0.193. The lowest BCUT2D eigenvalue weighted by Gasteiger charge is -2.31. The highest BCUT2D eigenvalue weighted by atomic mass is 16.5. The first-order valence-electron chi connectivity index (χ1n) is 12.6. The molecule has 8 heteroatoms. The van der Waals surface area contributed by atoms with Gasteiger partial charge in [-0.05, 0) is 47.7 Å². The summed E-state index contributed by atoms with van der Waals surface area (Å²) in [6.45, 7) is 1.03. The molecule has 0 heterocycles. The van der Waals surface area contributed by atoms with Gasteiger partial charge >= 0.3 is 5.97 Å². The average Bonchev–Trinajstić information content (AvgIpc) is 3.36. The van der Waals surface area contributed by atoms with E-state index in [1.54, 1.807) is 38.5 Å². The molecule has 1 aliphatic carbocycles. The van der Waals surface area contributed by atoms with Crippen LogP contribution in [0.25, 0.3) is 0 Å². The number of aliphatic hydroxyl groups excluding tert-OH is 1. The third-order valence-electron chi connectivity index (χ3n) is 6.93. The van der Waals surface area contributed by atoms with Crippen molar-refractivity contribution in [1.82, 2.24) is 10.2 Å². The molecule has 8 nitrogen and oxygen atoms in total. The minimum atomic E-state index is -0.924. The number of aliphatic hydroxyl groups is 1. The van der Waals surface area contributed by atoms with Gasteiger partial charge in [-0.1, -0.05) is 42.5 Å². The molecule has 0 fully saturated rings. The predicted octanol–water partition coefficient (Wildman–Crippen LogP) is 3.09. The average molecular weight is 519 g/mol. The van der Waals surface area contributed by atoms with Crippen molar-refractivity contribution in [2.24, 2.45) is 0 Å². The number of carboxylic acid groups (broad SMARTS) is 1. The molecule has 0 aromatic heterocycles. The fourth-order valence-electron chi connectivity index (χ4n) is 4.93. The number of hydrogen-bond donors (Lipinski definition) is 3. The van der Waals surface area contributed by atoms with Gasteiger partial charge < -0.3 is 25.0 Å². The number of methoxy groups -OCH3 is 2. The normalized spacial score (nSPS) is 13.7. The Morgan fingerprint density at radius 3 is 2.29 bits per heavy atom. The molecule has 0 spiro atoms. The number of amides is 1. The van der Waals surface area contributed by atoms with Crippen LogP contribution in [0.5, 0.6) is 11.5 Å². The van der Waals surface area contributed by atoms with E-state index in [0.717, 1.165) is 24.2 Å². The lowest BCUT2D eigenvalue weighted by Crippen LogP contribution is -2.44. The number of aliphatic carboxylic acids is 1. The van der Waals surface area contributed by atoms with Gasteiger partial charge in [0.05, 0.1) is 26.7 Å². The van der Waals surface area contributed by atoms with Crippen LogP contribution < -0.4 is 14.8 Å². The zero-order valence-electron chi connectivity index (χ0n) is 21.7. The molecular weight excluding hydrogens is 484 g/mol. The predicted molar refractivity (Wildman–Crippen MR) is 144 cm³/mol. The first-order chi connectivity index (χ1) is 18.4. The molecule has 1 unspecified atom stereocenters. The lowest BCUT2D eigenvalue weighted by molar-refractivity contribution is -0.136. The maximum absolute atomic E-state index is 12.6. The van der Waals surface area contributed by atoms with Crippen LogP contribution in [-0.2, 0) is 30.6 Å². The van der Waals surface area contributed by atoms with E-state index >= 15 is 0 Å². The number of carboxylic acids is 1. The number of ether oxygens (including phenoxy) is 2. The van der Waals surface area contributed by atoms with E-state index in [9.17, 15) is 14.7 Å². The third-order valence-corrected chi connectivity index (χ3v) is 6.93. The van der Waals surface area contributed by atoms with Crippen LogP contribution in [0.15, 0.2) is 66.7 Å². The van der Waals surface area contributed by atoms with Crippen LogP contribution in [-0.4, -0.2) is 66.4 Å². The summed E-state index contributed by atoms with van der Waals surface area (Å²) in [6.07, 6.45) is 0.881. The van der Waals surface area contributed by atoms with Gasteiger partial charge in [-0.2, -0.15) is 0 Å². The lowest BCUT2D eigenvalue weighted by atomic mass is 10.1. The molecule has 3 aromatic carbocycles. The number of fused-ring (bicyclic) bond motifs is 1. The van der Waals surface area contributed by atoms with Crippen molar-refractivity contribution in [3.63, 3.8) is 0 Å². The summed E-state index contributed by atoms with van der Waals surface area (Å²) in [5.41, 5.74) is 4.66. The van der Waals surface area contributed by atoms with Gasteiger partial charge in [0.15, 0.2) is 0 Å². The zero-order valence-corrected chi connectivity index (χ0v) is 21.7. The molecule has 1 atom stereocenters. The number of hydrogen-bond acceptors (Lipinski definition) is 6. The molecule has 1 amide bonds. The summed E-state index contributed by atoms with van der Waals surface area (Å²) in [4.78, 5) is 25.7. The number of benzene rings is 3. The standard InChI is InChI=1S/C30H34N2O6/c1-37-27-12-11-24(28(16-27)38-2)18-32(25-14-22-5-3-4-6-23(22)15-25)19-26(33)17-31-30(36)21-9-7-20(8-10-21)13-29(34)35/h3-12,16,25-26,33H,13-15,17-19H2,1-2H3,(H,31,36)(H,34,35). The third kappa shape index (κ3) is 6.90. The summed E-state index contributed by atoms with van der Waals surface area (Å²) >= 11 is 0. The van der Waals surface area contributed by atoms with Crippen molar-refractivity contribution < 1.29 is 29.3 Å². The maximum Gasteiger partial charge on any atom is 0.307 e. The van der Waals surface area contributed by atoms with Gasteiger partial charge in [0.1, 0.15) is 11.5 Å². The minimum absolute atomic E-state index is 0.0889. The Balaban J connectivity index is 1.43. The number of nitrogens with zero attached hydrogens (tertiary/aromatic N) is 1. The molecule has 0 bridgehead atoms. The topological polar surface area (TPSA) is 108 Å². The highest BCUT2D eigenvalue weighted by molar-refractivity contribution is 5.94. The summed E-state index contributed by atoms with van der Waals surface area (Å²) in [7, 11) is 3.25. The van der Waals surface area contributed by atoms with Crippen molar-refractivity contribution in [2.75, 3.05) is 27.3 Å². The summed E-state index contributed by atoms with van der Waals surface area (Å²) in [6, 6.07) is 20.8. The molecule has 0 saturated heterocycles. The van der Waals surface area contributed by atoms with E-state index in [0.29, 0.717) is 30.0 Å². The van der Waals surface area contributed by atoms with Crippen molar-refractivity contribution in [3.8, 4) is 11.5 Å². The van der Waals surface area contributed by atoms with Gasteiger partial charge in [0.25, 0.3) is 5.91 Å². The fraction of sp³-hybridized carbons (Fsp3) is 0.333. The quantitative estimate of drug-likeness (QED) is 0.338.